The quantitative estimate of drug-likeness (QED) is 0.851. The molecule has 1 N–H and O–H groups in total. The number of rotatable bonds is 2. The average molecular weight is 318 g/mol. The van der Waals surface area contributed by atoms with Crippen LogP contribution in [0.5, 0.6) is 0 Å². The summed E-state index contributed by atoms with van der Waals surface area (Å²) < 4.78 is 36.7. The van der Waals surface area contributed by atoms with Crippen LogP contribution in [0.1, 0.15) is 16.8 Å². The highest BCUT2D eigenvalue weighted by atomic mass is 32.2. The third-order valence-electron chi connectivity index (χ3n) is 2.88. The van der Waals surface area contributed by atoms with E-state index in [1.54, 1.807) is 0 Å². The summed E-state index contributed by atoms with van der Waals surface area (Å²) in [5.41, 5.74) is -4.08. The van der Waals surface area contributed by atoms with Crippen LogP contribution in [0.15, 0.2) is 29.2 Å². The summed E-state index contributed by atoms with van der Waals surface area (Å²) in [5, 5.41) is 2.65. The Hall–Kier alpha value is -1.70. The van der Waals surface area contributed by atoms with Crippen molar-refractivity contribution in [3.63, 3.8) is 0 Å². The maximum Gasteiger partial charge on any atom is 0.446 e. The topological polar surface area (TPSA) is 49.4 Å². The second-order valence-corrected chi connectivity index (χ2v) is 5.64. The Labute approximate surface area is 123 Å². The van der Waals surface area contributed by atoms with Crippen molar-refractivity contribution in [3.05, 3.63) is 29.8 Å². The van der Waals surface area contributed by atoms with Crippen LogP contribution in [0.4, 0.5) is 13.2 Å². The maximum absolute atomic E-state index is 12.2. The SMILES string of the molecule is O=C1CN(C(=O)c2ccc(SC(F)(F)F)cc2)CCCN1. The molecule has 21 heavy (non-hydrogen) atoms. The number of alkyl halides is 3. The lowest BCUT2D eigenvalue weighted by molar-refractivity contribution is -0.121. The Morgan fingerprint density at radius 3 is 2.52 bits per heavy atom. The van der Waals surface area contributed by atoms with Crippen LogP contribution >= 0.6 is 11.8 Å². The number of nitrogens with zero attached hydrogens (tertiary/aromatic N) is 1. The van der Waals surface area contributed by atoms with E-state index in [-0.39, 0.29) is 40.6 Å². The number of nitrogens with one attached hydrogen (secondary N) is 1. The van der Waals surface area contributed by atoms with Gasteiger partial charge >= 0.3 is 5.51 Å². The van der Waals surface area contributed by atoms with Gasteiger partial charge in [-0.1, -0.05) is 0 Å². The second-order valence-electron chi connectivity index (χ2n) is 4.50. The summed E-state index contributed by atoms with van der Waals surface area (Å²) in [6, 6.07) is 5.20. The lowest BCUT2D eigenvalue weighted by Gasteiger charge is -2.19. The Morgan fingerprint density at radius 2 is 1.90 bits per heavy atom. The lowest BCUT2D eigenvalue weighted by atomic mass is 10.2. The average Bonchev–Trinajstić information content (AvgIpc) is 2.62. The highest BCUT2D eigenvalue weighted by Crippen LogP contribution is 2.36. The van der Waals surface area contributed by atoms with E-state index in [0.29, 0.717) is 19.5 Å². The molecule has 1 heterocycles. The van der Waals surface area contributed by atoms with Crippen LogP contribution in [0.3, 0.4) is 0 Å². The number of halogens is 3. The van der Waals surface area contributed by atoms with Crippen LogP contribution in [-0.4, -0.2) is 41.9 Å². The van der Waals surface area contributed by atoms with Crippen molar-refractivity contribution in [2.75, 3.05) is 19.6 Å². The lowest BCUT2D eigenvalue weighted by Crippen LogP contribution is -2.37. The molecule has 1 aliphatic heterocycles. The maximum atomic E-state index is 12.2. The van der Waals surface area contributed by atoms with Crippen LogP contribution in [-0.2, 0) is 4.79 Å². The fourth-order valence-corrected chi connectivity index (χ4v) is 2.50. The van der Waals surface area contributed by atoms with Gasteiger partial charge in [-0.3, -0.25) is 9.59 Å². The molecule has 0 spiro atoms. The minimum Gasteiger partial charge on any atom is -0.354 e. The van der Waals surface area contributed by atoms with E-state index in [2.05, 4.69) is 5.32 Å². The van der Waals surface area contributed by atoms with Gasteiger partial charge in [-0.2, -0.15) is 13.2 Å². The highest BCUT2D eigenvalue weighted by Gasteiger charge is 2.29. The van der Waals surface area contributed by atoms with Gasteiger partial charge in [-0.05, 0) is 42.4 Å². The summed E-state index contributed by atoms with van der Waals surface area (Å²) in [6.45, 7) is 0.929. The van der Waals surface area contributed by atoms with Crippen LogP contribution in [0.2, 0.25) is 0 Å². The van der Waals surface area contributed by atoms with E-state index in [1.165, 1.54) is 29.2 Å². The standard InChI is InChI=1S/C13H13F3N2O2S/c14-13(15,16)21-10-4-2-9(3-5-10)12(20)18-7-1-6-17-11(19)8-18/h2-5H,1,6-8H2,(H,17,19). The summed E-state index contributed by atoms with van der Waals surface area (Å²) in [5.74, 6) is -0.583. The van der Waals surface area contributed by atoms with Crippen molar-refractivity contribution in [3.8, 4) is 0 Å². The van der Waals surface area contributed by atoms with E-state index in [4.69, 9.17) is 0 Å². The number of hydrogen-bond donors (Lipinski definition) is 1. The molecule has 0 saturated carbocycles. The molecule has 1 saturated heterocycles. The first kappa shape index (κ1) is 15.7. The van der Waals surface area contributed by atoms with Gasteiger partial charge in [0, 0.05) is 23.5 Å². The molecule has 0 bridgehead atoms. The van der Waals surface area contributed by atoms with Gasteiger partial charge in [0.15, 0.2) is 0 Å². The van der Waals surface area contributed by atoms with Gasteiger partial charge < -0.3 is 10.2 Å². The second kappa shape index (κ2) is 6.38. The molecule has 114 valence electrons. The normalized spacial score (nSPS) is 16.3. The molecule has 1 aromatic carbocycles. The van der Waals surface area contributed by atoms with Crippen molar-refractivity contribution in [1.82, 2.24) is 10.2 Å². The first-order valence-corrected chi connectivity index (χ1v) is 7.08. The molecule has 0 atom stereocenters. The Morgan fingerprint density at radius 1 is 1.24 bits per heavy atom. The number of hydrogen-bond acceptors (Lipinski definition) is 3. The predicted octanol–water partition coefficient (Wildman–Crippen LogP) is 2.26. The molecule has 2 amide bonds. The predicted molar refractivity (Wildman–Crippen MR) is 71.9 cm³/mol. The number of thioether (sulfide) groups is 1. The van der Waals surface area contributed by atoms with E-state index in [1.807, 2.05) is 0 Å². The highest BCUT2D eigenvalue weighted by molar-refractivity contribution is 8.00. The summed E-state index contributed by atoms with van der Waals surface area (Å²) in [7, 11) is 0. The molecule has 8 heteroatoms. The molecule has 0 aliphatic carbocycles. The zero-order chi connectivity index (χ0) is 15.5. The molecule has 2 rings (SSSR count). The minimum atomic E-state index is -4.35. The van der Waals surface area contributed by atoms with Gasteiger partial charge in [0.25, 0.3) is 5.91 Å². The number of carbonyl (C=O) groups excluding carboxylic acids is 2. The van der Waals surface area contributed by atoms with Crippen molar-refractivity contribution in [1.29, 1.82) is 0 Å². The number of carbonyl (C=O) groups is 2. The van der Waals surface area contributed by atoms with Crippen molar-refractivity contribution in [2.24, 2.45) is 0 Å². The number of amides is 2. The molecule has 4 nitrogen and oxygen atoms in total. The molecular formula is C13H13F3N2O2S. The summed E-state index contributed by atoms with van der Waals surface area (Å²) >= 11 is -0.229. The van der Waals surface area contributed by atoms with Gasteiger partial charge in [0.05, 0.1) is 6.54 Å². The fourth-order valence-electron chi connectivity index (χ4n) is 1.96. The van der Waals surface area contributed by atoms with E-state index in [9.17, 15) is 22.8 Å². The zero-order valence-electron chi connectivity index (χ0n) is 10.9. The van der Waals surface area contributed by atoms with E-state index < -0.39 is 5.51 Å². The zero-order valence-corrected chi connectivity index (χ0v) is 11.8. The smallest absolute Gasteiger partial charge is 0.354 e. The first-order chi connectivity index (χ1) is 9.85. The Kier molecular flexibility index (Phi) is 4.76. The van der Waals surface area contributed by atoms with Gasteiger partial charge in [0.1, 0.15) is 0 Å². The van der Waals surface area contributed by atoms with Crippen molar-refractivity contribution in [2.45, 2.75) is 16.8 Å². The monoisotopic (exact) mass is 318 g/mol. The molecule has 0 radical (unpaired) electrons. The van der Waals surface area contributed by atoms with Gasteiger partial charge in [-0.15, -0.1) is 0 Å². The Bertz CT molecular complexity index is 531. The summed E-state index contributed by atoms with van der Waals surface area (Å²) in [4.78, 5) is 25.0. The van der Waals surface area contributed by atoms with Gasteiger partial charge in [0.2, 0.25) is 5.91 Å². The molecule has 1 fully saturated rings. The van der Waals surface area contributed by atoms with E-state index in [0.717, 1.165) is 0 Å². The third kappa shape index (κ3) is 4.66. The fraction of sp³-hybridized carbons (Fsp3) is 0.385. The Balaban J connectivity index is 2.07. The molecular weight excluding hydrogens is 305 g/mol. The molecule has 1 aromatic rings. The molecule has 1 aliphatic rings. The first-order valence-electron chi connectivity index (χ1n) is 6.27. The van der Waals surface area contributed by atoms with Gasteiger partial charge in [-0.25, -0.2) is 0 Å². The van der Waals surface area contributed by atoms with Crippen LogP contribution < -0.4 is 5.32 Å². The summed E-state index contributed by atoms with van der Waals surface area (Å²) in [6.07, 6.45) is 0.652. The minimum absolute atomic E-state index is 0.0210. The molecule has 0 unspecified atom stereocenters. The van der Waals surface area contributed by atoms with Crippen LogP contribution in [0.25, 0.3) is 0 Å². The molecule has 0 aromatic heterocycles. The third-order valence-corrected chi connectivity index (χ3v) is 3.62. The largest absolute Gasteiger partial charge is 0.446 e. The van der Waals surface area contributed by atoms with Crippen molar-refractivity contribution >= 4 is 23.6 Å². The number of benzene rings is 1. The van der Waals surface area contributed by atoms with Crippen LogP contribution in [0, 0.1) is 0 Å². The van der Waals surface area contributed by atoms with Crippen molar-refractivity contribution < 1.29 is 22.8 Å². The van der Waals surface area contributed by atoms with E-state index >= 15 is 0 Å².